The summed E-state index contributed by atoms with van der Waals surface area (Å²) in [4.78, 5) is 30.9. The van der Waals surface area contributed by atoms with E-state index in [4.69, 9.17) is 9.73 Å². The highest BCUT2D eigenvalue weighted by atomic mass is 16.5. The molecule has 28 heavy (non-hydrogen) atoms. The van der Waals surface area contributed by atoms with Gasteiger partial charge in [-0.25, -0.2) is 4.99 Å². The molecule has 1 fully saturated rings. The normalized spacial score (nSPS) is 15.2. The molecule has 0 unspecified atom stereocenters. The molecule has 0 aliphatic carbocycles. The average Bonchev–Trinajstić information content (AvgIpc) is 2.72. The van der Waals surface area contributed by atoms with E-state index in [1.54, 1.807) is 0 Å². The average molecular weight is 389 g/mol. The third-order valence-corrected chi connectivity index (χ3v) is 4.69. The first-order valence-corrected chi connectivity index (χ1v) is 10.2. The van der Waals surface area contributed by atoms with Gasteiger partial charge in [0, 0.05) is 31.7 Å². The van der Waals surface area contributed by atoms with Gasteiger partial charge < -0.3 is 20.3 Å². The topological polar surface area (TPSA) is 83.0 Å². The number of hydrogen-bond acceptors (Lipinski definition) is 4. The second kappa shape index (κ2) is 11.3. The van der Waals surface area contributed by atoms with Crippen molar-refractivity contribution in [3.8, 4) is 0 Å². The Morgan fingerprint density at radius 2 is 1.86 bits per heavy atom. The first-order valence-electron chi connectivity index (χ1n) is 10.2. The predicted molar refractivity (Wildman–Crippen MR) is 110 cm³/mol. The van der Waals surface area contributed by atoms with Crippen molar-refractivity contribution in [3.05, 3.63) is 35.4 Å². The maximum atomic E-state index is 12.0. The molecule has 1 saturated heterocycles. The number of likely N-dealkylation sites (tertiary alicyclic amines) is 1. The number of hydrogen-bond donors (Lipinski definition) is 2. The van der Waals surface area contributed by atoms with E-state index in [9.17, 15) is 9.59 Å². The van der Waals surface area contributed by atoms with Gasteiger partial charge in [-0.1, -0.05) is 12.1 Å². The second-order valence-electron chi connectivity index (χ2n) is 6.74. The molecule has 1 aliphatic heterocycles. The summed E-state index contributed by atoms with van der Waals surface area (Å²) in [5.74, 6) is 0.661. The highest BCUT2D eigenvalue weighted by molar-refractivity contribution is 5.94. The van der Waals surface area contributed by atoms with Gasteiger partial charge in [-0.3, -0.25) is 9.59 Å². The second-order valence-corrected chi connectivity index (χ2v) is 6.74. The SMILES string of the molecule is CCNC(=O)c1cccc(CN=C(NCC)N2CCC(C(=O)OCC)CC2)c1. The summed E-state index contributed by atoms with van der Waals surface area (Å²) in [6, 6.07) is 7.55. The number of nitrogens with zero attached hydrogens (tertiary/aromatic N) is 2. The van der Waals surface area contributed by atoms with Crippen molar-refractivity contribution in [2.24, 2.45) is 10.9 Å². The fourth-order valence-electron chi connectivity index (χ4n) is 3.25. The van der Waals surface area contributed by atoms with Crippen LogP contribution in [0.1, 0.15) is 49.5 Å². The zero-order valence-corrected chi connectivity index (χ0v) is 17.2. The van der Waals surface area contributed by atoms with Crippen LogP contribution in [-0.4, -0.2) is 55.5 Å². The lowest BCUT2D eigenvalue weighted by Crippen LogP contribution is -2.46. The van der Waals surface area contributed by atoms with E-state index in [1.165, 1.54) is 0 Å². The molecular formula is C21H32N4O3. The standard InChI is InChI=1S/C21H32N4O3/c1-4-22-19(26)18-9-7-8-16(14-18)15-24-21(23-5-2)25-12-10-17(11-13-25)20(27)28-6-3/h7-9,14,17H,4-6,10-13,15H2,1-3H3,(H,22,26)(H,23,24). The molecule has 1 heterocycles. The summed E-state index contributed by atoms with van der Waals surface area (Å²) in [7, 11) is 0. The van der Waals surface area contributed by atoms with E-state index in [0.717, 1.165) is 44.0 Å². The minimum absolute atomic E-state index is 0.0205. The van der Waals surface area contributed by atoms with Crippen molar-refractivity contribution < 1.29 is 14.3 Å². The number of aliphatic imine (C=N–C) groups is 1. The Hall–Kier alpha value is -2.57. The Kier molecular flexibility index (Phi) is 8.78. The summed E-state index contributed by atoms with van der Waals surface area (Å²) in [6.45, 7) is 9.62. The molecule has 2 N–H and O–H groups in total. The first-order chi connectivity index (χ1) is 13.6. The lowest BCUT2D eigenvalue weighted by molar-refractivity contribution is -0.149. The molecule has 0 saturated carbocycles. The van der Waals surface area contributed by atoms with Crippen LogP contribution in [-0.2, 0) is 16.1 Å². The quantitative estimate of drug-likeness (QED) is 0.425. The van der Waals surface area contributed by atoms with Gasteiger partial charge in [-0.05, 0) is 51.3 Å². The third kappa shape index (κ3) is 6.25. The molecule has 1 aliphatic rings. The van der Waals surface area contributed by atoms with E-state index >= 15 is 0 Å². The lowest BCUT2D eigenvalue weighted by atomic mass is 9.97. The summed E-state index contributed by atoms with van der Waals surface area (Å²) in [6.07, 6.45) is 1.55. The van der Waals surface area contributed by atoms with Crippen molar-refractivity contribution in [1.82, 2.24) is 15.5 Å². The molecule has 154 valence electrons. The van der Waals surface area contributed by atoms with Gasteiger partial charge in [0.15, 0.2) is 5.96 Å². The molecule has 1 aromatic carbocycles. The van der Waals surface area contributed by atoms with Gasteiger partial charge in [0.1, 0.15) is 0 Å². The number of rotatable bonds is 7. The number of benzene rings is 1. The maximum Gasteiger partial charge on any atom is 0.309 e. The Labute approximate surface area is 167 Å². The monoisotopic (exact) mass is 388 g/mol. The van der Waals surface area contributed by atoms with E-state index in [0.29, 0.717) is 25.3 Å². The smallest absolute Gasteiger partial charge is 0.309 e. The number of esters is 1. The summed E-state index contributed by atoms with van der Waals surface area (Å²) < 4.78 is 5.14. The van der Waals surface area contributed by atoms with E-state index < -0.39 is 0 Å². The molecule has 0 radical (unpaired) electrons. The van der Waals surface area contributed by atoms with Gasteiger partial charge in [-0.15, -0.1) is 0 Å². The third-order valence-electron chi connectivity index (χ3n) is 4.69. The van der Waals surface area contributed by atoms with Gasteiger partial charge in [-0.2, -0.15) is 0 Å². The predicted octanol–water partition coefficient (Wildman–Crippen LogP) is 2.18. The molecule has 0 atom stereocenters. The minimum atomic E-state index is -0.0914. The molecule has 2 rings (SSSR count). The number of guanidine groups is 1. The van der Waals surface area contributed by atoms with Gasteiger partial charge in [0.05, 0.1) is 19.1 Å². The van der Waals surface area contributed by atoms with Crippen LogP contribution in [0.5, 0.6) is 0 Å². The van der Waals surface area contributed by atoms with Crippen molar-refractivity contribution in [2.45, 2.75) is 40.2 Å². The van der Waals surface area contributed by atoms with Gasteiger partial charge in [0.2, 0.25) is 0 Å². The lowest BCUT2D eigenvalue weighted by Gasteiger charge is -2.33. The van der Waals surface area contributed by atoms with E-state index in [1.807, 2.05) is 45.0 Å². The highest BCUT2D eigenvalue weighted by Gasteiger charge is 2.27. The van der Waals surface area contributed by atoms with Crippen LogP contribution >= 0.6 is 0 Å². The van der Waals surface area contributed by atoms with E-state index in [2.05, 4.69) is 15.5 Å². The highest BCUT2D eigenvalue weighted by Crippen LogP contribution is 2.19. The number of nitrogens with one attached hydrogen (secondary N) is 2. The Bertz CT molecular complexity index is 682. The molecule has 7 nitrogen and oxygen atoms in total. The van der Waals surface area contributed by atoms with Crippen LogP contribution in [0.25, 0.3) is 0 Å². The number of piperidine rings is 1. The Morgan fingerprint density at radius 3 is 2.50 bits per heavy atom. The van der Waals surface area contributed by atoms with E-state index in [-0.39, 0.29) is 17.8 Å². The number of carbonyl (C=O) groups is 2. The van der Waals surface area contributed by atoms with Crippen LogP contribution in [0.4, 0.5) is 0 Å². The zero-order valence-electron chi connectivity index (χ0n) is 17.2. The molecule has 0 bridgehead atoms. The fraction of sp³-hybridized carbons (Fsp3) is 0.571. The van der Waals surface area contributed by atoms with Crippen LogP contribution in [0, 0.1) is 5.92 Å². The summed E-state index contributed by atoms with van der Waals surface area (Å²) >= 11 is 0. The summed E-state index contributed by atoms with van der Waals surface area (Å²) in [5.41, 5.74) is 1.63. The molecule has 0 aromatic heterocycles. The Balaban J connectivity index is 2.00. The van der Waals surface area contributed by atoms with Gasteiger partial charge >= 0.3 is 5.97 Å². The minimum Gasteiger partial charge on any atom is -0.466 e. The van der Waals surface area contributed by atoms with Crippen LogP contribution in [0.2, 0.25) is 0 Å². The van der Waals surface area contributed by atoms with Crippen LogP contribution in [0.3, 0.4) is 0 Å². The number of ether oxygens (including phenoxy) is 1. The molecule has 0 spiro atoms. The van der Waals surface area contributed by atoms with Crippen molar-refractivity contribution in [3.63, 3.8) is 0 Å². The Morgan fingerprint density at radius 1 is 1.14 bits per heavy atom. The molecule has 7 heteroatoms. The summed E-state index contributed by atoms with van der Waals surface area (Å²) in [5, 5.41) is 6.14. The van der Waals surface area contributed by atoms with Gasteiger partial charge in [0.25, 0.3) is 5.91 Å². The largest absolute Gasteiger partial charge is 0.466 e. The molecule has 1 aromatic rings. The molecule has 1 amide bonds. The van der Waals surface area contributed by atoms with Crippen LogP contribution < -0.4 is 10.6 Å². The number of amides is 1. The van der Waals surface area contributed by atoms with Crippen molar-refractivity contribution in [2.75, 3.05) is 32.8 Å². The fourth-order valence-corrected chi connectivity index (χ4v) is 3.25. The zero-order chi connectivity index (χ0) is 20.4. The van der Waals surface area contributed by atoms with Crippen molar-refractivity contribution >= 4 is 17.8 Å². The number of carbonyl (C=O) groups excluding carboxylic acids is 2. The maximum absolute atomic E-state index is 12.0. The van der Waals surface area contributed by atoms with Crippen molar-refractivity contribution in [1.29, 1.82) is 0 Å². The molecular weight excluding hydrogens is 356 g/mol. The first kappa shape index (κ1) is 21.7. The van der Waals surface area contributed by atoms with Crippen LogP contribution in [0.15, 0.2) is 29.3 Å².